The maximum Gasteiger partial charge on any atom is 0.373 e. The average molecular weight is 391 g/mol. The van der Waals surface area contributed by atoms with Gasteiger partial charge in [0.2, 0.25) is 12.3 Å². The first kappa shape index (κ1) is 20.1. The number of hydrogen-bond donors (Lipinski definition) is 0. The van der Waals surface area contributed by atoms with Crippen molar-refractivity contribution in [2.24, 2.45) is 0 Å². The molecule has 0 fully saturated rings. The molecule has 0 spiro atoms. The molecule has 9 heteroatoms. The lowest BCUT2D eigenvalue weighted by Crippen LogP contribution is -2.17. The number of hydrogen-bond acceptors (Lipinski definition) is 8. The highest BCUT2D eigenvalue weighted by Gasteiger charge is 2.25. The van der Waals surface area contributed by atoms with Crippen LogP contribution < -0.4 is 4.74 Å². The van der Waals surface area contributed by atoms with Crippen LogP contribution in [-0.4, -0.2) is 37.6 Å². The van der Waals surface area contributed by atoms with Crippen LogP contribution in [0.3, 0.4) is 0 Å². The maximum atomic E-state index is 12.5. The normalized spacial score (nSPS) is 12.1. The van der Waals surface area contributed by atoms with E-state index >= 15 is 0 Å². The molecule has 0 amide bonds. The fraction of sp³-hybridized carbons (Fsp3) is 0.222. The Morgan fingerprint density at radius 1 is 1.22 bits per heavy atom. The Bertz CT molecular complexity index is 845. The quantitative estimate of drug-likeness (QED) is 0.224. The molecule has 0 bridgehead atoms. The molecule has 1 atom stereocenters. The Balaban J connectivity index is 2.35. The first-order valence-corrected chi connectivity index (χ1v) is 8.64. The van der Waals surface area contributed by atoms with Gasteiger partial charge >= 0.3 is 11.9 Å². The highest BCUT2D eigenvalue weighted by molar-refractivity contribution is 7.10. The van der Waals surface area contributed by atoms with Gasteiger partial charge in [-0.2, -0.15) is 0 Å². The number of esters is 2. The summed E-state index contributed by atoms with van der Waals surface area (Å²) in [4.78, 5) is 35.7. The molecule has 2 aromatic rings. The summed E-state index contributed by atoms with van der Waals surface area (Å²) in [6.07, 6.45) is 1.23. The number of nitro groups is 1. The molecule has 27 heavy (non-hydrogen) atoms. The molecular formula is C18H17NO7S. The van der Waals surface area contributed by atoms with E-state index in [0.717, 1.165) is 7.11 Å². The molecule has 0 aliphatic rings. The Morgan fingerprint density at radius 3 is 2.56 bits per heavy atom. The smallest absolute Gasteiger partial charge is 0.373 e. The van der Waals surface area contributed by atoms with Crippen molar-refractivity contribution in [1.29, 1.82) is 0 Å². The molecule has 0 aliphatic heterocycles. The van der Waals surface area contributed by atoms with Crippen LogP contribution in [0.15, 0.2) is 53.6 Å². The van der Waals surface area contributed by atoms with Crippen molar-refractivity contribution in [1.82, 2.24) is 0 Å². The molecule has 2 rings (SSSR count). The van der Waals surface area contributed by atoms with Gasteiger partial charge in [-0.15, -0.1) is 11.3 Å². The highest BCUT2D eigenvalue weighted by atomic mass is 32.1. The molecule has 8 nitrogen and oxygen atoms in total. The van der Waals surface area contributed by atoms with Crippen LogP contribution in [0.4, 0.5) is 0 Å². The van der Waals surface area contributed by atoms with E-state index < -0.39 is 35.1 Å². The second kappa shape index (κ2) is 9.48. The number of methoxy groups -OCH3 is 2. The molecule has 1 aromatic carbocycles. The number of para-hydroxylation sites is 1. The fourth-order valence-electron chi connectivity index (χ4n) is 2.28. The minimum absolute atomic E-state index is 0.108. The number of benzene rings is 1. The second-order valence-electron chi connectivity index (χ2n) is 5.25. The molecule has 0 radical (unpaired) electrons. The van der Waals surface area contributed by atoms with Gasteiger partial charge in [0.05, 0.1) is 20.1 Å². The molecule has 0 aliphatic carbocycles. The Hall–Kier alpha value is -3.20. The van der Waals surface area contributed by atoms with Gasteiger partial charge in [-0.1, -0.05) is 18.2 Å². The summed E-state index contributed by atoms with van der Waals surface area (Å²) in [6.45, 7) is -0.465. The summed E-state index contributed by atoms with van der Waals surface area (Å²) in [5.74, 6) is -2.65. The zero-order valence-electron chi connectivity index (χ0n) is 14.6. The predicted octanol–water partition coefficient (Wildman–Crippen LogP) is 3.03. The topological polar surface area (TPSA) is 105 Å². The number of thiophene rings is 1. The average Bonchev–Trinajstić information content (AvgIpc) is 3.20. The van der Waals surface area contributed by atoms with E-state index in [4.69, 9.17) is 9.47 Å². The zero-order valence-corrected chi connectivity index (χ0v) is 15.4. The van der Waals surface area contributed by atoms with Gasteiger partial charge in [0, 0.05) is 9.80 Å². The third-order valence-electron chi connectivity index (χ3n) is 3.52. The minimum Gasteiger partial charge on any atom is -0.496 e. The molecule has 0 saturated heterocycles. The van der Waals surface area contributed by atoms with Gasteiger partial charge < -0.3 is 14.2 Å². The summed E-state index contributed by atoms with van der Waals surface area (Å²) >= 11 is 1.29. The molecular weight excluding hydrogens is 374 g/mol. The van der Waals surface area contributed by atoms with Crippen LogP contribution in [-0.2, 0) is 14.3 Å². The van der Waals surface area contributed by atoms with Crippen LogP contribution in [0.2, 0.25) is 0 Å². The van der Waals surface area contributed by atoms with Crippen molar-refractivity contribution in [2.75, 3.05) is 20.8 Å². The first-order chi connectivity index (χ1) is 13.0. The lowest BCUT2D eigenvalue weighted by Gasteiger charge is -2.12. The summed E-state index contributed by atoms with van der Waals surface area (Å²) in [5.41, 5.74) is 0.108. The Kier molecular flexibility index (Phi) is 7.07. The van der Waals surface area contributed by atoms with Gasteiger partial charge in [0.25, 0.3) is 0 Å². The molecule has 142 valence electrons. The van der Waals surface area contributed by atoms with Gasteiger partial charge in [0.1, 0.15) is 11.3 Å². The van der Waals surface area contributed by atoms with Crippen molar-refractivity contribution in [2.45, 2.75) is 5.92 Å². The van der Waals surface area contributed by atoms with Crippen molar-refractivity contribution in [3.8, 4) is 5.75 Å². The summed E-state index contributed by atoms with van der Waals surface area (Å²) in [5, 5.41) is 12.8. The molecule has 1 heterocycles. The van der Waals surface area contributed by atoms with E-state index in [-0.39, 0.29) is 11.3 Å². The van der Waals surface area contributed by atoms with E-state index in [1.54, 1.807) is 35.7 Å². The zero-order chi connectivity index (χ0) is 19.8. The minimum atomic E-state index is -0.914. The van der Waals surface area contributed by atoms with Crippen molar-refractivity contribution < 1.29 is 28.7 Å². The number of rotatable bonds is 8. The third-order valence-corrected chi connectivity index (χ3v) is 4.53. The first-order valence-electron chi connectivity index (χ1n) is 7.76. The van der Waals surface area contributed by atoms with Crippen LogP contribution in [0.1, 0.15) is 21.2 Å². The van der Waals surface area contributed by atoms with E-state index in [1.165, 1.54) is 30.6 Å². The summed E-state index contributed by atoms with van der Waals surface area (Å²) in [7, 11) is 2.52. The molecule has 0 unspecified atom stereocenters. The number of ether oxygens (including phenoxy) is 3. The van der Waals surface area contributed by atoms with Gasteiger partial charge in [-0.25, -0.2) is 9.59 Å². The Labute approximate surface area is 159 Å². The maximum absolute atomic E-state index is 12.5. The Morgan fingerprint density at radius 2 is 1.96 bits per heavy atom. The number of nitrogens with zero attached hydrogens (tertiary/aromatic N) is 1. The third kappa shape index (κ3) is 5.38. The number of carbonyl (C=O) groups is 2. The lowest BCUT2D eigenvalue weighted by molar-refractivity contribution is -0.481. The van der Waals surface area contributed by atoms with Crippen molar-refractivity contribution in [3.63, 3.8) is 0 Å². The largest absolute Gasteiger partial charge is 0.496 e. The van der Waals surface area contributed by atoms with Gasteiger partial charge in [0.15, 0.2) is 0 Å². The predicted molar refractivity (Wildman–Crippen MR) is 97.4 cm³/mol. The SMILES string of the molecule is COC(=O)/C(=C/[C@@H](C[N+](=O)[O-])c1cccs1)OC(=O)c1ccccc1OC. The van der Waals surface area contributed by atoms with Crippen LogP contribution in [0.25, 0.3) is 0 Å². The van der Waals surface area contributed by atoms with E-state index in [2.05, 4.69) is 4.74 Å². The number of carbonyl (C=O) groups excluding carboxylic acids is 2. The van der Waals surface area contributed by atoms with E-state index in [0.29, 0.717) is 4.88 Å². The fourth-order valence-corrected chi connectivity index (χ4v) is 3.07. The van der Waals surface area contributed by atoms with E-state index in [1.807, 2.05) is 0 Å². The lowest BCUT2D eigenvalue weighted by atomic mass is 10.1. The molecule has 1 aromatic heterocycles. The van der Waals surface area contributed by atoms with Crippen molar-refractivity contribution in [3.05, 3.63) is 74.2 Å². The van der Waals surface area contributed by atoms with Crippen molar-refractivity contribution >= 4 is 23.3 Å². The van der Waals surface area contributed by atoms with Crippen LogP contribution in [0.5, 0.6) is 5.75 Å². The van der Waals surface area contributed by atoms with E-state index in [9.17, 15) is 19.7 Å². The van der Waals surface area contributed by atoms with Crippen LogP contribution in [0, 0.1) is 10.1 Å². The van der Waals surface area contributed by atoms with Gasteiger partial charge in [-0.3, -0.25) is 10.1 Å². The summed E-state index contributed by atoms with van der Waals surface area (Å²) in [6, 6.07) is 9.77. The van der Waals surface area contributed by atoms with Gasteiger partial charge in [-0.05, 0) is 29.7 Å². The highest BCUT2D eigenvalue weighted by Crippen LogP contribution is 2.26. The second-order valence-corrected chi connectivity index (χ2v) is 6.23. The summed E-state index contributed by atoms with van der Waals surface area (Å²) < 4.78 is 14.9. The molecule has 0 saturated carbocycles. The van der Waals surface area contributed by atoms with Crippen LogP contribution >= 0.6 is 11.3 Å². The standard InChI is InChI=1S/C18H17NO7S/c1-24-14-7-4-3-6-13(14)17(20)26-15(18(21)25-2)10-12(11-19(22)23)16-8-5-9-27-16/h3-10,12H,11H2,1-2H3/b15-10-/t12-/m0/s1. The monoisotopic (exact) mass is 391 g/mol. The molecule has 0 N–H and O–H groups in total.